The van der Waals surface area contributed by atoms with Crippen LogP contribution in [0.1, 0.15) is 0 Å². The van der Waals surface area contributed by atoms with E-state index in [9.17, 15) is 4.39 Å². The average molecular weight is 274 g/mol. The number of anilines is 1. The van der Waals surface area contributed by atoms with Crippen molar-refractivity contribution in [3.63, 3.8) is 0 Å². The Morgan fingerprint density at radius 2 is 2.20 bits per heavy atom. The summed E-state index contributed by atoms with van der Waals surface area (Å²) < 4.78 is 14.2. The predicted molar refractivity (Wildman–Crippen MR) is 61.6 cm³/mol. The van der Waals surface area contributed by atoms with Crippen molar-refractivity contribution in [1.82, 2.24) is 9.88 Å². The Morgan fingerprint density at radius 1 is 1.53 bits per heavy atom. The second-order valence-electron chi connectivity index (χ2n) is 3.98. The van der Waals surface area contributed by atoms with E-state index in [2.05, 4.69) is 25.8 Å². The molecule has 1 aromatic rings. The number of halogens is 2. The van der Waals surface area contributed by atoms with Gasteiger partial charge in [-0.25, -0.2) is 9.37 Å². The lowest BCUT2D eigenvalue weighted by Gasteiger charge is -2.43. The normalized spacial score (nSPS) is 17.0. The molecule has 0 unspecified atom stereocenters. The quantitative estimate of drug-likeness (QED) is 0.818. The summed E-state index contributed by atoms with van der Waals surface area (Å²) in [6, 6.07) is 1.96. The van der Waals surface area contributed by atoms with E-state index in [1.54, 1.807) is 6.20 Å². The summed E-state index contributed by atoms with van der Waals surface area (Å²) in [5, 5.41) is 0. The molecule has 0 spiro atoms. The van der Waals surface area contributed by atoms with Crippen molar-refractivity contribution < 1.29 is 4.39 Å². The topological polar surface area (TPSA) is 19.4 Å². The summed E-state index contributed by atoms with van der Waals surface area (Å²) in [6.07, 6.45) is 1.63. The Labute approximate surface area is 97.0 Å². The Morgan fingerprint density at radius 3 is 2.73 bits per heavy atom. The summed E-state index contributed by atoms with van der Waals surface area (Å²) in [4.78, 5) is 8.18. The van der Waals surface area contributed by atoms with E-state index in [-0.39, 0.29) is 5.82 Å². The fraction of sp³-hybridized carbons (Fsp3) is 0.500. The fourth-order valence-corrected chi connectivity index (χ4v) is 1.90. The van der Waals surface area contributed by atoms with Gasteiger partial charge >= 0.3 is 0 Å². The summed E-state index contributed by atoms with van der Waals surface area (Å²) >= 11 is 3.19. The monoisotopic (exact) mass is 273 g/mol. The van der Waals surface area contributed by atoms with Crippen LogP contribution in [0, 0.1) is 5.82 Å². The van der Waals surface area contributed by atoms with Crippen LogP contribution >= 0.6 is 15.9 Å². The van der Waals surface area contributed by atoms with E-state index in [1.165, 1.54) is 6.07 Å². The summed E-state index contributed by atoms with van der Waals surface area (Å²) in [5.41, 5.74) is 0. The van der Waals surface area contributed by atoms with Crippen molar-refractivity contribution in [3.8, 4) is 0 Å². The molecule has 2 rings (SSSR count). The number of rotatable bonds is 2. The van der Waals surface area contributed by atoms with Gasteiger partial charge in [0.05, 0.1) is 0 Å². The van der Waals surface area contributed by atoms with E-state index in [0.717, 1.165) is 13.1 Å². The van der Waals surface area contributed by atoms with Gasteiger partial charge in [0.1, 0.15) is 0 Å². The van der Waals surface area contributed by atoms with Crippen LogP contribution in [0.25, 0.3) is 0 Å². The third-order valence-corrected chi connectivity index (χ3v) is 3.11. The van der Waals surface area contributed by atoms with Crippen molar-refractivity contribution in [2.24, 2.45) is 0 Å². The van der Waals surface area contributed by atoms with Crippen LogP contribution in [-0.2, 0) is 0 Å². The van der Waals surface area contributed by atoms with Crippen LogP contribution in [0.2, 0.25) is 0 Å². The molecule has 0 aromatic carbocycles. The average Bonchev–Trinajstić information content (AvgIpc) is 2.05. The zero-order valence-electron chi connectivity index (χ0n) is 8.74. The van der Waals surface area contributed by atoms with Crippen LogP contribution in [-0.4, -0.2) is 43.1 Å². The highest BCUT2D eigenvalue weighted by Gasteiger charge is 2.30. The molecule has 82 valence electrons. The minimum atomic E-state index is -0.262. The number of pyridine rings is 1. The van der Waals surface area contributed by atoms with Gasteiger partial charge in [-0.15, -0.1) is 0 Å². The van der Waals surface area contributed by atoms with Crippen LogP contribution in [0.5, 0.6) is 0 Å². The minimum Gasteiger partial charge on any atom is -0.351 e. The molecule has 0 saturated carbocycles. The maximum absolute atomic E-state index is 13.5. The summed E-state index contributed by atoms with van der Waals surface area (Å²) in [5.74, 6) is 0.192. The molecule has 1 aromatic heterocycles. The van der Waals surface area contributed by atoms with E-state index in [0.29, 0.717) is 16.3 Å². The molecule has 1 fully saturated rings. The van der Waals surface area contributed by atoms with E-state index in [1.807, 2.05) is 19.0 Å². The largest absolute Gasteiger partial charge is 0.351 e. The van der Waals surface area contributed by atoms with Crippen molar-refractivity contribution in [1.29, 1.82) is 0 Å². The van der Waals surface area contributed by atoms with Gasteiger partial charge in [0.15, 0.2) is 11.6 Å². The molecule has 2 heterocycles. The van der Waals surface area contributed by atoms with E-state index in [4.69, 9.17) is 0 Å². The van der Waals surface area contributed by atoms with Crippen LogP contribution in [0.15, 0.2) is 16.7 Å². The smallest absolute Gasteiger partial charge is 0.166 e. The SMILES string of the molecule is CN(C)C1CN(c2ncc(Br)cc2F)C1. The first kappa shape index (κ1) is 10.8. The minimum absolute atomic E-state index is 0.262. The molecule has 0 radical (unpaired) electrons. The molecular formula is C10H13BrFN3. The Balaban J connectivity index is 2.07. The molecule has 3 nitrogen and oxygen atoms in total. The molecule has 1 aliphatic rings. The number of hydrogen-bond acceptors (Lipinski definition) is 3. The van der Waals surface area contributed by atoms with Crippen molar-refractivity contribution in [2.75, 3.05) is 32.1 Å². The third-order valence-electron chi connectivity index (χ3n) is 2.68. The van der Waals surface area contributed by atoms with Gasteiger partial charge in [0.2, 0.25) is 0 Å². The van der Waals surface area contributed by atoms with Crippen LogP contribution in [0.4, 0.5) is 10.2 Å². The van der Waals surface area contributed by atoms with E-state index >= 15 is 0 Å². The van der Waals surface area contributed by atoms with Gasteiger partial charge in [-0.2, -0.15) is 0 Å². The third kappa shape index (κ3) is 2.13. The molecule has 0 amide bonds. The first-order valence-electron chi connectivity index (χ1n) is 4.80. The van der Waals surface area contributed by atoms with Gasteiger partial charge in [0, 0.05) is 29.8 Å². The first-order valence-corrected chi connectivity index (χ1v) is 5.59. The van der Waals surface area contributed by atoms with Gasteiger partial charge in [0.25, 0.3) is 0 Å². The summed E-state index contributed by atoms with van der Waals surface area (Å²) in [6.45, 7) is 1.69. The van der Waals surface area contributed by atoms with E-state index < -0.39 is 0 Å². The fourth-order valence-electron chi connectivity index (χ4n) is 1.59. The van der Waals surface area contributed by atoms with Crippen molar-refractivity contribution in [2.45, 2.75) is 6.04 Å². The second kappa shape index (κ2) is 4.06. The van der Waals surface area contributed by atoms with Crippen LogP contribution < -0.4 is 4.90 Å². The molecule has 1 aliphatic heterocycles. The molecule has 0 bridgehead atoms. The maximum Gasteiger partial charge on any atom is 0.166 e. The molecule has 15 heavy (non-hydrogen) atoms. The zero-order chi connectivity index (χ0) is 11.0. The maximum atomic E-state index is 13.5. The lowest BCUT2D eigenvalue weighted by Crippen LogP contribution is -2.58. The molecule has 5 heteroatoms. The zero-order valence-corrected chi connectivity index (χ0v) is 10.3. The summed E-state index contributed by atoms with van der Waals surface area (Å²) in [7, 11) is 4.07. The lowest BCUT2D eigenvalue weighted by atomic mass is 10.1. The Hall–Kier alpha value is -0.680. The molecule has 1 saturated heterocycles. The highest BCUT2D eigenvalue weighted by molar-refractivity contribution is 9.10. The molecule has 0 atom stereocenters. The number of aromatic nitrogens is 1. The Bertz CT molecular complexity index is 364. The van der Waals surface area contributed by atoms with Gasteiger partial charge < -0.3 is 9.80 Å². The van der Waals surface area contributed by atoms with Gasteiger partial charge in [-0.1, -0.05) is 0 Å². The second-order valence-corrected chi connectivity index (χ2v) is 4.90. The first-order chi connectivity index (χ1) is 7.08. The highest BCUT2D eigenvalue weighted by Crippen LogP contribution is 2.25. The van der Waals surface area contributed by atoms with Gasteiger partial charge in [-0.3, -0.25) is 0 Å². The van der Waals surface area contributed by atoms with Crippen molar-refractivity contribution in [3.05, 3.63) is 22.6 Å². The Kier molecular flexibility index (Phi) is 2.93. The highest BCUT2D eigenvalue weighted by atomic mass is 79.9. The number of nitrogens with zero attached hydrogens (tertiary/aromatic N) is 3. The predicted octanol–water partition coefficient (Wildman–Crippen LogP) is 1.73. The standard InChI is InChI=1S/C10H13BrFN3/c1-14(2)8-5-15(6-8)10-9(12)3-7(11)4-13-10/h3-4,8H,5-6H2,1-2H3. The molecule has 0 aliphatic carbocycles. The number of likely N-dealkylation sites (N-methyl/N-ethyl adjacent to an activating group) is 1. The number of hydrogen-bond donors (Lipinski definition) is 0. The van der Waals surface area contributed by atoms with Crippen molar-refractivity contribution >= 4 is 21.7 Å². The lowest BCUT2D eigenvalue weighted by molar-refractivity contribution is 0.245. The molecule has 0 N–H and O–H groups in total. The van der Waals surface area contributed by atoms with Gasteiger partial charge in [-0.05, 0) is 36.1 Å². The molecular weight excluding hydrogens is 261 g/mol. The van der Waals surface area contributed by atoms with Crippen LogP contribution in [0.3, 0.4) is 0 Å².